The van der Waals surface area contributed by atoms with Crippen LogP contribution in [-0.4, -0.2) is 57.9 Å². The van der Waals surface area contributed by atoms with Gasteiger partial charge in [0.25, 0.3) is 5.91 Å². The van der Waals surface area contributed by atoms with E-state index in [0.717, 1.165) is 0 Å². The second-order valence-corrected chi connectivity index (χ2v) is 8.86. The average molecular weight is 433 g/mol. The van der Waals surface area contributed by atoms with Crippen molar-refractivity contribution in [3.8, 4) is 6.07 Å². The number of amides is 1. The topological polar surface area (TPSA) is 93.5 Å². The number of benzene rings is 2. The maximum atomic E-state index is 13.6. The third kappa shape index (κ3) is 6.35. The lowest BCUT2D eigenvalue weighted by atomic mass is 10.1. The Morgan fingerprint density at radius 2 is 1.90 bits per heavy atom. The maximum Gasteiger partial charge on any atom is 0.254 e. The summed E-state index contributed by atoms with van der Waals surface area (Å²) in [5, 5.41) is 8.66. The van der Waals surface area contributed by atoms with Crippen LogP contribution in [0.25, 0.3) is 0 Å². The molecular formula is C21H25FN4O3S. The summed E-state index contributed by atoms with van der Waals surface area (Å²) < 4.78 is 40.7. The van der Waals surface area contributed by atoms with Crippen molar-refractivity contribution >= 4 is 15.9 Å². The molecule has 0 spiro atoms. The van der Waals surface area contributed by atoms with Gasteiger partial charge in [0.15, 0.2) is 0 Å². The van der Waals surface area contributed by atoms with E-state index in [2.05, 4.69) is 4.72 Å². The third-order valence-electron chi connectivity index (χ3n) is 4.43. The number of hydrogen-bond acceptors (Lipinski definition) is 5. The second-order valence-electron chi connectivity index (χ2n) is 7.12. The zero-order chi connectivity index (χ0) is 22.3. The van der Waals surface area contributed by atoms with Crippen LogP contribution in [-0.2, 0) is 16.6 Å². The van der Waals surface area contributed by atoms with Crippen LogP contribution in [0.15, 0.2) is 47.4 Å². The van der Waals surface area contributed by atoms with E-state index in [-0.39, 0.29) is 35.3 Å². The lowest BCUT2D eigenvalue weighted by Gasteiger charge is -2.25. The molecule has 0 fully saturated rings. The van der Waals surface area contributed by atoms with E-state index >= 15 is 0 Å². The van der Waals surface area contributed by atoms with Crippen LogP contribution in [0.3, 0.4) is 0 Å². The molecule has 160 valence electrons. The van der Waals surface area contributed by atoms with Crippen molar-refractivity contribution in [2.45, 2.75) is 18.4 Å². The summed E-state index contributed by atoms with van der Waals surface area (Å²) in [5.41, 5.74) is 1.30. The van der Waals surface area contributed by atoms with E-state index in [9.17, 15) is 17.6 Å². The fraction of sp³-hybridized carbons (Fsp3) is 0.333. The van der Waals surface area contributed by atoms with Gasteiger partial charge in [-0.2, -0.15) is 9.98 Å². The van der Waals surface area contributed by atoms with Gasteiger partial charge in [-0.3, -0.25) is 4.79 Å². The summed E-state index contributed by atoms with van der Waals surface area (Å²) in [6.45, 7) is 2.40. The summed E-state index contributed by atoms with van der Waals surface area (Å²) >= 11 is 0. The van der Waals surface area contributed by atoms with Crippen LogP contribution < -0.4 is 4.72 Å². The Labute approximate surface area is 176 Å². The van der Waals surface area contributed by atoms with Gasteiger partial charge in [0.2, 0.25) is 10.0 Å². The van der Waals surface area contributed by atoms with Crippen molar-refractivity contribution in [2.24, 2.45) is 0 Å². The van der Waals surface area contributed by atoms with Gasteiger partial charge in [-0.15, -0.1) is 0 Å². The van der Waals surface area contributed by atoms with Gasteiger partial charge in [0.1, 0.15) is 5.82 Å². The summed E-state index contributed by atoms with van der Waals surface area (Å²) in [4.78, 5) is 16.6. The summed E-state index contributed by atoms with van der Waals surface area (Å²) in [7, 11) is -0.172. The number of likely N-dealkylation sites (N-methyl/N-ethyl adjacent to an activating group) is 1. The first-order valence-electron chi connectivity index (χ1n) is 9.30. The first-order valence-corrected chi connectivity index (χ1v) is 10.8. The first-order chi connectivity index (χ1) is 14.1. The zero-order valence-corrected chi connectivity index (χ0v) is 18.0. The second kappa shape index (κ2) is 10.3. The molecule has 1 N–H and O–H groups in total. The number of hydrogen-bond donors (Lipinski definition) is 1. The maximum absolute atomic E-state index is 13.6. The van der Waals surface area contributed by atoms with E-state index in [1.54, 1.807) is 42.2 Å². The molecule has 0 radical (unpaired) electrons. The van der Waals surface area contributed by atoms with Gasteiger partial charge in [0.05, 0.1) is 17.5 Å². The Balaban J connectivity index is 2.36. The SMILES string of the molecule is Cc1ccc(C(=O)N(CCN(C)C)Cc2cccc(F)c2)cc1S(=O)(=O)NCC#N. The molecule has 2 aromatic rings. The number of nitriles is 1. The van der Waals surface area contributed by atoms with Gasteiger partial charge in [-0.05, 0) is 56.4 Å². The van der Waals surface area contributed by atoms with E-state index in [0.29, 0.717) is 24.2 Å². The molecule has 0 aromatic heterocycles. The van der Waals surface area contributed by atoms with E-state index in [1.165, 1.54) is 18.2 Å². The molecule has 0 saturated heterocycles. The van der Waals surface area contributed by atoms with Crippen molar-refractivity contribution in [2.75, 3.05) is 33.7 Å². The Bertz CT molecular complexity index is 1050. The van der Waals surface area contributed by atoms with Crippen molar-refractivity contribution in [1.82, 2.24) is 14.5 Å². The fourth-order valence-electron chi connectivity index (χ4n) is 2.84. The van der Waals surface area contributed by atoms with Gasteiger partial charge in [0, 0.05) is 25.2 Å². The minimum absolute atomic E-state index is 0.0538. The molecule has 2 aromatic carbocycles. The van der Waals surface area contributed by atoms with E-state index in [1.807, 2.05) is 19.0 Å². The van der Waals surface area contributed by atoms with Crippen molar-refractivity contribution in [1.29, 1.82) is 5.26 Å². The van der Waals surface area contributed by atoms with Gasteiger partial charge in [-0.25, -0.2) is 12.8 Å². The number of nitrogens with one attached hydrogen (secondary N) is 1. The number of aryl methyl sites for hydroxylation is 1. The largest absolute Gasteiger partial charge is 0.333 e. The molecule has 7 nitrogen and oxygen atoms in total. The molecule has 0 unspecified atom stereocenters. The highest BCUT2D eigenvalue weighted by Gasteiger charge is 2.22. The van der Waals surface area contributed by atoms with Crippen LogP contribution in [0, 0.1) is 24.1 Å². The predicted molar refractivity (Wildman–Crippen MR) is 112 cm³/mol. The molecule has 0 aliphatic rings. The van der Waals surface area contributed by atoms with Gasteiger partial charge >= 0.3 is 0 Å². The number of rotatable bonds is 9. The molecule has 30 heavy (non-hydrogen) atoms. The lowest BCUT2D eigenvalue weighted by Crippen LogP contribution is -2.36. The van der Waals surface area contributed by atoms with Crippen molar-refractivity contribution in [3.05, 3.63) is 65.0 Å². The Hall–Kier alpha value is -2.80. The Kier molecular flexibility index (Phi) is 8.06. The van der Waals surface area contributed by atoms with Crippen LogP contribution >= 0.6 is 0 Å². The van der Waals surface area contributed by atoms with Crippen LogP contribution in [0.4, 0.5) is 4.39 Å². The highest BCUT2D eigenvalue weighted by atomic mass is 32.2. The minimum Gasteiger partial charge on any atom is -0.333 e. The van der Waals surface area contributed by atoms with E-state index < -0.39 is 10.0 Å². The summed E-state index contributed by atoms with van der Waals surface area (Å²) in [5.74, 6) is -0.752. The highest BCUT2D eigenvalue weighted by molar-refractivity contribution is 7.89. The smallest absolute Gasteiger partial charge is 0.254 e. The molecule has 0 saturated carbocycles. The fourth-order valence-corrected chi connectivity index (χ4v) is 4.02. The molecule has 9 heteroatoms. The third-order valence-corrected chi connectivity index (χ3v) is 5.98. The van der Waals surface area contributed by atoms with Crippen LogP contribution in [0.1, 0.15) is 21.5 Å². The van der Waals surface area contributed by atoms with Crippen molar-refractivity contribution in [3.63, 3.8) is 0 Å². The highest BCUT2D eigenvalue weighted by Crippen LogP contribution is 2.19. The number of nitrogens with zero attached hydrogens (tertiary/aromatic N) is 3. The van der Waals surface area contributed by atoms with E-state index in [4.69, 9.17) is 5.26 Å². The van der Waals surface area contributed by atoms with Gasteiger partial charge in [-0.1, -0.05) is 18.2 Å². The molecule has 0 bridgehead atoms. The molecule has 0 aliphatic carbocycles. The zero-order valence-electron chi connectivity index (χ0n) is 17.2. The molecule has 2 rings (SSSR count). The van der Waals surface area contributed by atoms with Gasteiger partial charge < -0.3 is 9.80 Å². The standard InChI is InChI=1S/C21H25FN4O3S/c1-16-7-8-18(14-20(16)30(28,29)24-10-9-23)21(27)26(12-11-25(2)3)15-17-5-4-6-19(22)13-17/h4-8,13-14,24H,10-12,15H2,1-3H3. The molecule has 0 heterocycles. The molecular weight excluding hydrogens is 407 g/mol. The molecule has 0 aliphatic heterocycles. The summed E-state index contributed by atoms with van der Waals surface area (Å²) in [6, 6.07) is 12.2. The minimum atomic E-state index is -3.93. The predicted octanol–water partition coefficient (Wildman–Crippen LogP) is 2.14. The lowest BCUT2D eigenvalue weighted by molar-refractivity contribution is 0.0731. The molecule has 0 atom stereocenters. The van der Waals surface area contributed by atoms with Crippen LogP contribution in [0.5, 0.6) is 0 Å². The normalized spacial score (nSPS) is 11.3. The Morgan fingerprint density at radius 1 is 1.17 bits per heavy atom. The quantitative estimate of drug-likeness (QED) is 0.613. The Morgan fingerprint density at radius 3 is 2.53 bits per heavy atom. The van der Waals surface area contributed by atoms with Crippen molar-refractivity contribution < 1.29 is 17.6 Å². The number of carbonyl (C=O) groups is 1. The average Bonchev–Trinajstić information content (AvgIpc) is 2.69. The number of sulfonamides is 1. The molecule has 1 amide bonds. The number of halogens is 1. The summed E-state index contributed by atoms with van der Waals surface area (Å²) in [6.07, 6.45) is 0. The van der Waals surface area contributed by atoms with Crippen LogP contribution in [0.2, 0.25) is 0 Å². The number of carbonyl (C=O) groups excluding carboxylic acids is 1. The first kappa shape index (κ1) is 23.5. The monoisotopic (exact) mass is 432 g/mol.